The zero-order chi connectivity index (χ0) is 55.6. The summed E-state index contributed by atoms with van der Waals surface area (Å²) in [5.41, 5.74) is 7.70. The van der Waals surface area contributed by atoms with Crippen molar-refractivity contribution in [2.75, 3.05) is 0 Å². The van der Waals surface area contributed by atoms with Crippen LogP contribution in [0.25, 0.3) is 99.8 Å². The molecule has 0 amide bonds. The van der Waals surface area contributed by atoms with Crippen molar-refractivity contribution in [2.24, 2.45) is 0 Å². The second kappa shape index (κ2) is 16.4. The number of pyridine rings is 1. The van der Waals surface area contributed by atoms with Crippen LogP contribution in [-0.4, -0.2) is 18.7 Å². The Balaban J connectivity index is 0.967. The predicted octanol–water partition coefficient (Wildman–Crippen LogP) is 15.5. The SMILES string of the molecule is [2H]c1c([2H])c([2H])c(-c2cccc(-c3c([2H])c([2H])c([2H])c([2H])c3[2H])c2-[n+]2[c-]n(-c3cccc(Oc4ccc5c6cc(-n7c8ccccc8c8ccccc87)ccc6n(-c6cc(C([2H])(C)C)ccn6)c5c4)c3)c3ccccc32)c([2H])c1[2H]. The van der Waals surface area contributed by atoms with Gasteiger partial charge in [0, 0.05) is 40.9 Å². The lowest BCUT2D eigenvalue weighted by molar-refractivity contribution is -0.571. The molecule has 4 aromatic heterocycles. The summed E-state index contributed by atoms with van der Waals surface area (Å²) in [5, 5.41) is 4.29. The van der Waals surface area contributed by atoms with E-state index in [-0.39, 0.29) is 27.9 Å². The van der Waals surface area contributed by atoms with E-state index in [2.05, 4.69) is 88.3 Å². The average molecular weight is 899 g/mol. The summed E-state index contributed by atoms with van der Waals surface area (Å²) < 4.78 is 111. The number of rotatable bonds is 9. The lowest BCUT2D eigenvalue weighted by Crippen LogP contribution is -2.31. The van der Waals surface area contributed by atoms with Crippen LogP contribution < -0.4 is 9.30 Å². The van der Waals surface area contributed by atoms with Crippen LogP contribution in [0.5, 0.6) is 11.5 Å². The minimum Gasteiger partial charge on any atom is -0.458 e. The van der Waals surface area contributed by atoms with E-state index in [0.29, 0.717) is 34.0 Å². The molecule has 4 heterocycles. The molecule has 0 unspecified atom stereocenters. The number of benzene rings is 9. The molecule has 0 saturated heterocycles. The van der Waals surface area contributed by atoms with Crippen LogP contribution in [0.2, 0.25) is 0 Å². The van der Waals surface area contributed by atoms with E-state index in [1.165, 1.54) is 0 Å². The van der Waals surface area contributed by atoms with Crippen LogP contribution in [-0.2, 0) is 0 Å². The fourth-order valence-corrected chi connectivity index (χ4v) is 9.69. The molecule has 0 radical (unpaired) electrons. The number of nitrogens with zero attached hydrogens (tertiary/aromatic N) is 5. The predicted molar refractivity (Wildman–Crippen MR) is 282 cm³/mol. The third-order valence-electron chi connectivity index (χ3n) is 12.8. The highest BCUT2D eigenvalue weighted by molar-refractivity contribution is 6.12. The van der Waals surface area contributed by atoms with E-state index >= 15 is 0 Å². The first kappa shape index (κ1) is 30.3. The van der Waals surface area contributed by atoms with Crippen molar-refractivity contribution < 1.29 is 24.4 Å². The van der Waals surface area contributed by atoms with Crippen LogP contribution in [0.15, 0.2) is 230 Å². The Hall–Kier alpha value is -9.00. The molecule has 6 heteroatoms. The molecular formula is C63H45N5O. The maximum Gasteiger partial charge on any atom is 0.269 e. The minimum atomic E-state index is -0.887. The minimum absolute atomic E-state index is 0.142. The summed E-state index contributed by atoms with van der Waals surface area (Å²) in [5.74, 6) is 0.774. The molecule has 6 nitrogen and oxygen atoms in total. The molecule has 0 fully saturated rings. The summed E-state index contributed by atoms with van der Waals surface area (Å²) in [6.45, 7) is 3.71. The smallest absolute Gasteiger partial charge is 0.269 e. The van der Waals surface area contributed by atoms with Gasteiger partial charge in [-0.2, -0.15) is 0 Å². The normalized spacial score (nSPS) is 14.1. The molecule has 69 heavy (non-hydrogen) atoms. The van der Waals surface area contributed by atoms with Crippen LogP contribution in [0, 0.1) is 6.33 Å². The van der Waals surface area contributed by atoms with Crippen LogP contribution in [0.4, 0.5) is 0 Å². The van der Waals surface area contributed by atoms with Crippen LogP contribution in [0.1, 0.15) is 40.4 Å². The van der Waals surface area contributed by atoms with E-state index < -0.39 is 66.3 Å². The van der Waals surface area contributed by atoms with Gasteiger partial charge < -0.3 is 9.30 Å². The topological polar surface area (TPSA) is 40.8 Å². The van der Waals surface area contributed by atoms with Gasteiger partial charge in [0.25, 0.3) is 6.33 Å². The van der Waals surface area contributed by atoms with Gasteiger partial charge in [0.1, 0.15) is 17.3 Å². The molecule has 0 saturated carbocycles. The lowest BCUT2D eigenvalue weighted by Gasteiger charge is -2.17. The maximum absolute atomic E-state index is 9.07. The monoisotopic (exact) mass is 898 g/mol. The number of hydrogen-bond donors (Lipinski definition) is 0. The van der Waals surface area contributed by atoms with E-state index in [1.54, 1.807) is 33.5 Å². The molecule has 13 rings (SSSR count). The summed E-state index contributed by atoms with van der Waals surface area (Å²) >= 11 is 0. The molecular weight excluding hydrogens is 843 g/mol. The molecule has 0 aliphatic carbocycles. The van der Waals surface area contributed by atoms with Crippen molar-refractivity contribution in [1.82, 2.24) is 18.7 Å². The van der Waals surface area contributed by atoms with Gasteiger partial charge in [-0.15, -0.1) is 0 Å². The van der Waals surface area contributed by atoms with Crippen molar-refractivity contribution in [3.8, 4) is 56.6 Å². The maximum atomic E-state index is 9.07. The van der Waals surface area contributed by atoms with Crippen molar-refractivity contribution in [3.05, 3.63) is 242 Å². The zero-order valence-corrected chi connectivity index (χ0v) is 37.3. The Morgan fingerprint density at radius 3 is 1.86 bits per heavy atom. The van der Waals surface area contributed by atoms with E-state index in [4.69, 9.17) is 24.8 Å². The van der Waals surface area contributed by atoms with Gasteiger partial charge in [-0.3, -0.25) is 13.7 Å². The molecule has 0 spiro atoms. The Morgan fingerprint density at radius 2 is 1.14 bits per heavy atom. The van der Waals surface area contributed by atoms with Crippen molar-refractivity contribution >= 4 is 54.6 Å². The number of aromatic nitrogens is 5. The number of imidazole rings is 1. The van der Waals surface area contributed by atoms with Gasteiger partial charge in [-0.1, -0.05) is 159 Å². The molecule has 13 aromatic rings. The molecule has 328 valence electrons. The molecule has 0 N–H and O–H groups in total. The van der Waals surface area contributed by atoms with E-state index in [1.807, 2.05) is 86.6 Å². The second-order valence-corrected chi connectivity index (χ2v) is 17.0. The second-order valence-electron chi connectivity index (χ2n) is 17.0. The molecule has 0 atom stereocenters. The van der Waals surface area contributed by atoms with Crippen molar-refractivity contribution in [3.63, 3.8) is 0 Å². The fourth-order valence-electron chi connectivity index (χ4n) is 9.69. The number of hydrogen-bond acceptors (Lipinski definition) is 2. The van der Waals surface area contributed by atoms with Crippen molar-refractivity contribution in [2.45, 2.75) is 19.7 Å². The average Bonchev–Trinajstić information content (AvgIpc) is 4.33. The third kappa shape index (κ3) is 6.79. The van der Waals surface area contributed by atoms with E-state index in [0.717, 1.165) is 54.9 Å². The summed E-state index contributed by atoms with van der Waals surface area (Å²) in [4.78, 5) is 4.88. The van der Waals surface area contributed by atoms with Gasteiger partial charge in [0.2, 0.25) is 0 Å². The Labute approximate surface area is 415 Å². The Bertz CT molecular complexity index is 4570. The highest BCUT2D eigenvalue weighted by Gasteiger charge is 2.21. The van der Waals surface area contributed by atoms with Gasteiger partial charge in [-0.25, -0.2) is 4.98 Å². The molecule has 0 aliphatic heterocycles. The Morgan fingerprint density at radius 1 is 0.522 bits per heavy atom. The first-order valence-electron chi connectivity index (χ1n) is 28.0. The number of para-hydroxylation sites is 5. The molecule has 0 aliphatic rings. The van der Waals surface area contributed by atoms with Gasteiger partial charge in [-0.05, 0) is 107 Å². The molecule has 9 aromatic carbocycles. The van der Waals surface area contributed by atoms with Gasteiger partial charge in [0.15, 0.2) is 0 Å². The lowest BCUT2D eigenvalue weighted by atomic mass is 9.95. The van der Waals surface area contributed by atoms with Gasteiger partial charge >= 0.3 is 0 Å². The van der Waals surface area contributed by atoms with Crippen molar-refractivity contribution in [1.29, 1.82) is 0 Å². The summed E-state index contributed by atoms with van der Waals surface area (Å²) in [7, 11) is 0. The van der Waals surface area contributed by atoms with Gasteiger partial charge in [0.05, 0.1) is 58.2 Å². The first-order chi connectivity index (χ1) is 38.5. The molecule has 0 bridgehead atoms. The third-order valence-corrected chi connectivity index (χ3v) is 12.8. The quantitative estimate of drug-likeness (QED) is 0.107. The fraction of sp³-hybridized carbons (Fsp3) is 0.0476. The number of fused-ring (bicyclic) bond motifs is 7. The summed E-state index contributed by atoms with van der Waals surface area (Å²) in [6, 6.07) is 47.4. The first-order valence-corrected chi connectivity index (χ1v) is 22.5. The largest absolute Gasteiger partial charge is 0.458 e. The highest BCUT2D eigenvalue weighted by Crippen LogP contribution is 2.40. The van der Waals surface area contributed by atoms with Crippen LogP contribution in [0.3, 0.4) is 0 Å². The Kier molecular flexibility index (Phi) is 7.21. The van der Waals surface area contributed by atoms with E-state index in [9.17, 15) is 0 Å². The number of ether oxygens (including phenoxy) is 1. The highest BCUT2D eigenvalue weighted by atomic mass is 16.5. The summed E-state index contributed by atoms with van der Waals surface area (Å²) in [6.07, 6.45) is 5.20. The van der Waals surface area contributed by atoms with Crippen LogP contribution >= 0.6 is 0 Å². The zero-order valence-electron chi connectivity index (χ0n) is 48.3. The standard InChI is InChI=1S/C63H45N5O/c1-42(2)45-35-36-64-62(37-45)68-58-34-31-47(67-56-27-11-9-23-52(56)53-24-10-12-28-57(53)67)39-55(58)54-33-32-49(40-61(54)68)69-48-22-15-21-46(38-48)65-41-66(60-30-14-13-29-59(60)65)63-50(43-17-5-3-6-18-43)25-16-26-51(63)44-19-7-4-8-20-44/h3-40,42H,1-2H3/i3D,4D,5D,6D,7D,8D,17D,18D,19D,20D,42D.